The van der Waals surface area contributed by atoms with Crippen LogP contribution in [0, 0.1) is 0 Å². The van der Waals surface area contributed by atoms with Gasteiger partial charge in [0, 0.05) is 33.6 Å². The fraction of sp³-hybridized carbons (Fsp3) is 0.158. The first kappa shape index (κ1) is 18.3. The molecule has 3 rings (SSSR count). The second-order valence-corrected chi connectivity index (χ2v) is 6.93. The first-order chi connectivity index (χ1) is 12.3. The number of nitrogens with two attached hydrogens (primary N) is 1. The van der Waals surface area contributed by atoms with Crippen LogP contribution in [0.15, 0.2) is 42.5 Å². The lowest BCUT2D eigenvalue weighted by Gasteiger charge is -2.16. The number of benzene rings is 2. The first-order valence-electron chi connectivity index (χ1n) is 7.93. The SMILES string of the molecule is CC(NC(=O)c1cc2ccc(Cl)cc2n1C)c1ccc(C(N)=O)cc1Cl. The summed E-state index contributed by atoms with van der Waals surface area (Å²) in [5.41, 5.74) is 7.66. The lowest BCUT2D eigenvalue weighted by molar-refractivity contribution is 0.0930. The Labute approximate surface area is 160 Å². The minimum Gasteiger partial charge on any atom is -0.366 e. The Morgan fingerprint density at radius 1 is 1.12 bits per heavy atom. The molecule has 134 valence electrons. The Balaban J connectivity index is 1.86. The van der Waals surface area contributed by atoms with Gasteiger partial charge in [0.2, 0.25) is 5.91 Å². The van der Waals surface area contributed by atoms with Gasteiger partial charge in [-0.05, 0) is 42.8 Å². The molecule has 0 radical (unpaired) electrons. The van der Waals surface area contributed by atoms with Crippen LogP contribution >= 0.6 is 23.2 Å². The van der Waals surface area contributed by atoms with E-state index in [1.54, 1.807) is 22.8 Å². The van der Waals surface area contributed by atoms with E-state index < -0.39 is 5.91 Å². The fourth-order valence-corrected chi connectivity index (χ4v) is 3.41. The molecule has 7 heteroatoms. The minimum absolute atomic E-state index is 0.234. The largest absolute Gasteiger partial charge is 0.366 e. The van der Waals surface area contributed by atoms with Crippen LogP contribution in [-0.2, 0) is 7.05 Å². The van der Waals surface area contributed by atoms with Gasteiger partial charge in [0.15, 0.2) is 0 Å². The third-order valence-electron chi connectivity index (χ3n) is 4.34. The van der Waals surface area contributed by atoms with E-state index in [-0.39, 0.29) is 11.9 Å². The highest BCUT2D eigenvalue weighted by molar-refractivity contribution is 6.32. The number of amides is 2. The van der Waals surface area contributed by atoms with E-state index in [2.05, 4.69) is 5.32 Å². The Morgan fingerprint density at radius 3 is 2.50 bits per heavy atom. The minimum atomic E-state index is -0.552. The molecule has 0 fully saturated rings. The number of primary amides is 1. The summed E-state index contributed by atoms with van der Waals surface area (Å²) in [6.45, 7) is 1.82. The van der Waals surface area contributed by atoms with E-state index in [4.69, 9.17) is 28.9 Å². The maximum atomic E-state index is 12.7. The molecule has 0 aliphatic carbocycles. The number of fused-ring (bicyclic) bond motifs is 1. The number of nitrogens with one attached hydrogen (secondary N) is 1. The molecule has 1 atom stereocenters. The van der Waals surface area contributed by atoms with Crippen LogP contribution in [0.1, 0.15) is 39.4 Å². The van der Waals surface area contributed by atoms with Gasteiger partial charge in [-0.3, -0.25) is 9.59 Å². The molecular weight excluding hydrogens is 373 g/mol. The standard InChI is InChI=1S/C19H17Cl2N3O2/c1-10(14-6-4-12(18(22)25)7-15(14)21)23-19(26)17-8-11-3-5-13(20)9-16(11)24(17)2/h3-10H,1-2H3,(H2,22,25)(H,23,26). The van der Waals surface area contributed by atoms with Gasteiger partial charge in [0.05, 0.1) is 6.04 Å². The average molecular weight is 390 g/mol. The highest BCUT2D eigenvalue weighted by atomic mass is 35.5. The van der Waals surface area contributed by atoms with E-state index in [9.17, 15) is 9.59 Å². The molecule has 0 saturated carbocycles. The third-order valence-corrected chi connectivity index (χ3v) is 4.90. The Hall–Kier alpha value is -2.50. The zero-order valence-corrected chi connectivity index (χ0v) is 15.7. The zero-order valence-electron chi connectivity index (χ0n) is 14.2. The summed E-state index contributed by atoms with van der Waals surface area (Å²) in [6, 6.07) is 11.7. The van der Waals surface area contributed by atoms with Gasteiger partial charge in [0.25, 0.3) is 5.91 Å². The lowest BCUT2D eigenvalue weighted by atomic mass is 10.1. The molecule has 1 aromatic heterocycles. The Bertz CT molecular complexity index is 1030. The van der Waals surface area contributed by atoms with Crippen molar-refractivity contribution in [3.8, 4) is 0 Å². The third kappa shape index (κ3) is 3.41. The number of aryl methyl sites for hydroxylation is 1. The van der Waals surface area contributed by atoms with Gasteiger partial charge in [-0.15, -0.1) is 0 Å². The van der Waals surface area contributed by atoms with Gasteiger partial charge in [-0.25, -0.2) is 0 Å². The summed E-state index contributed by atoms with van der Waals surface area (Å²) < 4.78 is 1.79. The van der Waals surface area contributed by atoms with E-state index in [1.165, 1.54) is 6.07 Å². The lowest BCUT2D eigenvalue weighted by Crippen LogP contribution is -2.28. The van der Waals surface area contributed by atoms with Crippen molar-refractivity contribution in [2.24, 2.45) is 12.8 Å². The van der Waals surface area contributed by atoms with Gasteiger partial charge in [-0.2, -0.15) is 0 Å². The van der Waals surface area contributed by atoms with E-state index in [0.717, 1.165) is 10.9 Å². The average Bonchev–Trinajstić information content (AvgIpc) is 2.91. The van der Waals surface area contributed by atoms with Crippen molar-refractivity contribution in [2.45, 2.75) is 13.0 Å². The predicted octanol–water partition coefficient (Wildman–Crippen LogP) is 4.08. The number of carbonyl (C=O) groups excluding carboxylic acids is 2. The van der Waals surface area contributed by atoms with Crippen molar-refractivity contribution < 1.29 is 9.59 Å². The maximum absolute atomic E-state index is 12.7. The number of hydrogen-bond acceptors (Lipinski definition) is 2. The normalized spacial score (nSPS) is 12.2. The molecule has 0 spiro atoms. The monoisotopic (exact) mass is 389 g/mol. The molecule has 0 aliphatic heterocycles. The van der Waals surface area contributed by atoms with Crippen LogP contribution in [0.3, 0.4) is 0 Å². The highest BCUT2D eigenvalue weighted by Crippen LogP contribution is 2.26. The molecule has 2 amide bonds. The molecule has 0 aliphatic rings. The van der Waals surface area contributed by atoms with Crippen LogP contribution in [0.5, 0.6) is 0 Å². The van der Waals surface area contributed by atoms with Crippen molar-refractivity contribution in [3.05, 3.63) is 69.3 Å². The quantitative estimate of drug-likeness (QED) is 0.705. The second kappa shape index (κ2) is 7.02. The molecule has 1 unspecified atom stereocenters. The van der Waals surface area contributed by atoms with Crippen LogP contribution in [-0.4, -0.2) is 16.4 Å². The molecule has 0 bridgehead atoms. The van der Waals surface area contributed by atoms with Crippen LogP contribution in [0.2, 0.25) is 10.0 Å². The number of halogens is 2. The van der Waals surface area contributed by atoms with Crippen molar-refractivity contribution in [1.29, 1.82) is 0 Å². The number of rotatable bonds is 4. The van der Waals surface area contributed by atoms with E-state index in [0.29, 0.717) is 26.9 Å². The molecule has 5 nitrogen and oxygen atoms in total. The summed E-state index contributed by atoms with van der Waals surface area (Å²) >= 11 is 12.3. The summed E-state index contributed by atoms with van der Waals surface area (Å²) in [6.07, 6.45) is 0. The van der Waals surface area contributed by atoms with Gasteiger partial charge in [0.1, 0.15) is 5.69 Å². The van der Waals surface area contributed by atoms with Gasteiger partial charge in [-0.1, -0.05) is 35.3 Å². The van der Waals surface area contributed by atoms with Gasteiger partial charge < -0.3 is 15.6 Å². The number of nitrogens with zero attached hydrogens (tertiary/aromatic N) is 1. The molecule has 1 heterocycles. The second-order valence-electron chi connectivity index (χ2n) is 6.09. The predicted molar refractivity (Wildman–Crippen MR) is 104 cm³/mol. The summed E-state index contributed by atoms with van der Waals surface area (Å²) in [7, 11) is 1.81. The number of carbonyl (C=O) groups is 2. The molecule has 0 saturated heterocycles. The molecule has 26 heavy (non-hydrogen) atoms. The van der Waals surface area contributed by atoms with Gasteiger partial charge >= 0.3 is 0 Å². The topological polar surface area (TPSA) is 77.1 Å². The highest BCUT2D eigenvalue weighted by Gasteiger charge is 2.18. The first-order valence-corrected chi connectivity index (χ1v) is 8.68. The zero-order chi connectivity index (χ0) is 19.0. The van der Waals surface area contributed by atoms with Crippen molar-refractivity contribution in [2.75, 3.05) is 0 Å². The van der Waals surface area contributed by atoms with E-state index >= 15 is 0 Å². The van der Waals surface area contributed by atoms with Crippen LogP contribution in [0.25, 0.3) is 10.9 Å². The summed E-state index contributed by atoms with van der Waals surface area (Å²) in [4.78, 5) is 23.9. The van der Waals surface area contributed by atoms with E-state index in [1.807, 2.05) is 32.2 Å². The Morgan fingerprint density at radius 2 is 1.85 bits per heavy atom. The van der Waals surface area contributed by atoms with Crippen LogP contribution < -0.4 is 11.1 Å². The smallest absolute Gasteiger partial charge is 0.268 e. The molecule has 3 N–H and O–H groups in total. The molecule has 3 aromatic rings. The van der Waals surface area contributed by atoms with Crippen molar-refractivity contribution in [1.82, 2.24) is 9.88 Å². The summed E-state index contributed by atoms with van der Waals surface area (Å²) in [5, 5.41) is 4.84. The summed E-state index contributed by atoms with van der Waals surface area (Å²) in [5.74, 6) is -0.785. The molecule has 2 aromatic carbocycles. The maximum Gasteiger partial charge on any atom is 0.268 e. The Kier molecular flexibility index (Phi) is 4.94. The van der Waals surface area contributed by atoms with Crippen molar-refractivity contribution in [3.63, 3.8) is 0 Å². The fourth-order valence-electron chi connectivity index (χ4n) is 2.90. The van der Waals surface area contributed by atoms with Crippen molar-refractivity contribution >= 4 is 45.9 Å². The number of hydrogen-bond donors (Lipinski definition) is 2. The van der Waals surface area contributed by atoms with Crippen LogP contribution in [0.4, 0.5) is 0 Å². The number of aromatic nitrogens is 1. The molecular formula is C19H17Cl2N3O2.